The van der Waals surface area contributed by atoms with Gasteiger partial charge in [-0.05, 0) is 60.5 Å². The van der Waals surface area contributed by atoms with E-state index in [0.29, 0.717) is 23.5 Å². The van der Waals surface area contributed by atoms with Crippen LogP contribution in [0.3, 0.4) is 0 Å². The number of sulfonamides is 1. The second-order valence-electron chi connectivity index (χ2n) is 8.02. The number of amides is 3. The summed E-state index contributed by atoms with van der Waals surface area (Å²) < 4.78 is 45.3. The highest BCUT2D eigenvalue weighted by molar-refractivity contribution is 7.92. The van der Waals surface area contributed by atoms with Crippen molar-refractivity contribution in [3.05, 3.63) is 75.9 Å². The molecule has 1 aliphatic heterocycles. The van der Waals surface area contributed by atoms with Crippen molar-refractivity contribution >= 4 is 50.0 Å². The molecule has 0 aliphatic carbocycles. The molecule has 0 radical (unpaired) electrons. The number of thiophene rings is 1. The van der Waals surface area contributed by atoms with Crippen LogP contribution >= 0.6 is 11.3 Å². The van der Waals surface area contributed by atoms with Gasteiger partial charge in [0.2, 0.25) is 0 Å². The Morgan fingerprint density at radius 2 is 1.70 bits per heavy atom. The third-order valence-corrected chi connectivity index (χ3v) is 8.22. The quantitative estimate of drug-likeness (QED) is 0.434. The number of rotatable bonds is 6. The first-order valence-electron chi connectivity index (χ1n) is 11.0. The molecule has 0 unspecified atom stereocenters. The highest BCUT2D eigenvalue weighted by Crippen LogP contribution is 2.37. The number of fused-ring (bicyclic) bond motifs is 1. The number of benzene rings is 2. The highest BCUT2D eigenvalue weighted by Gasteiger charge is 2.30. The predicted octanol–water partition coefficient (Wildman–Crippen LogP) is 3.42. The average molecular weight is 547 g/mol. The van der Waals surface area contributed by atoms with E-state index < -0.39 is 27.8 Å². The lowest BCUT2D eigenvalue weighted by molar-refractivity contribution is 0.0962. The van der Waals surface area contributed by atoms with Crippen molar-refractivity contribution in [3.8, 4) is 0 Å². The molecule has 4 rings (SSSR count). The molecule has 1 aliphatic rings. The molecule has 0 atom stereocenters. The molecular weight excluding hydrogens is 523 g/mol. The van der Waals surface area contributed by atoms with E-state index in [2.05, 4.69) is 15.4 Å². The maximum Gasteiger partial charge on any atom is 0.409 e. The van der Waals surface area contributed by atoms with E-state index in [1.165, 1.54) is 54.7 Å². The molecule has 10 nitrogen and oxygen atoms in total. The molecule has 0 spiro atoms. The molecule has 13 heteroatoms. The first-order valence-corrected chi connectivity index (χ1v) is 13.3. The number of ether oxygens (including phenoxy) is 1. The van der Waals surface area contributed by atoms with E-state index in [1.54, 1.807) is 0 Å². The number of nitrogens with zero attached hydrogens (tertiary/aromatic N) is 1. The highest BCUT2D eigenvalue weighted by atomic mass is 32.2. The van der Waals surface area contributed by atoms with Crippen molar-refractivity contribution in [1.29, 1.82) is 0 Å². The number of carbonyl (C=O) groups is 3. The Morgan fingerprint density at radius 3 is 2.32 bits per heavy atom. The number of anilines is 2. The maximum absolute atomic E-state index is 13.1. The predicted molar refractivity (Wildman–Crippen MR) is 136 cm³/mol. The zero-order chi connectivity index (χ0) is 26.7. The Hall–Kier alpha value is -3.97. The van der Waals surface area contributed by atoms with Gasteiger partial charge in [0.1, 0.15) is 10.8 Å². The third-order valence-electron chi connectivity index (χ3n) is 5.69. The smallest absolute Gasteiger partial charge is 0.409 e. The minimum Gasteiger partial charge on any atom is -0.453 e. The van der Waals surface area contributed by atoms with Gasteiger partial charge in [0.15, 0.2) is 0 Å². The van der Waals surface area contributed by atoms with Crippen LogP contribution in [0.2, 0.25) is 0 Å². The van der Waals surface area contributed by atoms with Gasteiger partial charge in [0.05, 0.1) is 24.1 Å². The molecule has 1 aromatic heterocycles. The minimum atomic E-state index is -3.94. The Labute approximate surface area is 216 Å². The van der Waals surface area contributed by atoms with Gasteiger partial charge >= 0.3 is 6.09 Å². The lowest BCUT2D eigenvalue weighted by atomic mass is 10.0. The number of methoxy groups -OCH3 is 1. The van der Waals surface area contributed by atoms with Crippen molar-refractivity contribution in [2.45, 2.75) is 17.9 Å². The van der Waals surface area contributed by atoms with Crippen molar-refractivity contribution in [1.82, 2.24) is 10.2 Å². The molecule has 3 aromatic rings. The van der Waals surface area contributed by atoms with Crippen molar-refractivity contribution in [2.75, 3.05) is 30.7 Å². The second kappa shape index (κ2) is 10.6. The largest absolute Gasteiger partial charge is 0.453 e. The monoisotopic (exact) mass is 546 g/mol. The van der Waals surface area contributed by atoms with Crippen molar-refractivity contribution < 1.29 is 31.9 Å². The summed E-state index contributed by atoms with van der Waals surface area (Å²) in [4.78, 5) is 39.7. The average Bonchev–Trinajstić information content (AvgIpc) is 3.25. The Kier molecular flexibility index (Phi) is 7.45. The van der Waals surface area contributed by atoms with E-state index >= 15 is 0 Å². The van der Waals surface area contributed by atoms with Crippen LogP contribution in [0.1, 0.15) is 31.2 Å². The molecule has 3 amide bonds. The third kappa shape index (κ3) is 5.57. The van der Waals surface area contributed by atoms with Crippen LogP contribution in [0.5, 0.6) is 0 Å². The van der Waals surface area contributed by atoms with E-state index in [4.69, 9.17) is 4.74 Å². The fourth-order valence-electron chi connectivity index (χ4n) is 3.83. The summed E-state index contributed by atoms with van der Waals surface area (Å²) in [5, 5.41) is 5.70. The zero-order valence-corrected chi connectivity index (χ0v) is 21.5. The first kappa shape index (κ1) is 26.1. The maximum atomic E-state index is 13.1. The molecule has 3 N–H and O–H groups in total. The standard InChI is InChI=1S/C24H23FN4O6S2/c1-26-22(31)20-18-11-12-29(24(32)35-2)13-19(18)36-23(20)27-21(30)14-3-7-16(8-4-14)28-37(33,34)17-9-5-15(25)6-10-17/h3-10,28H,11-13H2,1-2H3,(H,26,31)(H,27,30). The van der Waals surface area contributed by atoms with Gasteiger partial charge in [0, 0.05) is 29.7 Å². The van der Waals surface area contributed by atoms with Crippen molar-refractivity contribution in [2.24, 2.45) is 0 Å². The van der Waals surface area contributed by atoms with Crippen LogP contribution in [-0.4, -0.2) is 51.9 Å². The van der Waals surface area contributed by atoms with Gasteiger partial charge in [-0.25, -0.2) is 17.6 Å². The van der Waals surface area contributed by atoms with Crippen LogP contribution in [0, 0.1) is 5.82 Å². The molecule has 0 fully saturated rings. The van der Waals surface area contributed by atoms with Gasteiger partial charge in [-0.15, -0.1) is 11.3 Å². The lowest BCUT2D eigenvalue weighted by Gasteiger charge is -2.25. The molecule has 37 heavy (non-hydrogen) atoms. The normalized spacial score (nSPS) is 12.9. The molecule has 0 saturated carbocycles. The summed E-state index contributed by atoms with van der Waals surface area (Å²) in [5.74, 6) is -1.41. The van der Waals surface area contributed by atoms with Crippen LogP contribution in [0.25, 0.3) is 0 Å². The van der Waals surface area contributed by atoms with E-state index in [1.807, 2.05) is 0 Å². The molecule has 0 bridgehead atoms. The van der Waals surface area contributed by atoms with Gasteiger partial charge in [0.25, 0.3) is 21.8 Å². The van der Waals surface area contributed by atoms with Crippen LogP contribution in [-0.2, 0) is 27.7 Å². The van der Waals surface area contributed by atoms with E-state index in [9.17, 15) is 27.2 Å². The Morgan fingerprint density at radius 1 is 1.03 bits per heavy atom. The summed E-state index contributed by atoms with van der Waals surface area (Å²) >= 11 is 1.21. The topological polar surface area (TPSA) is 134 Å². The SMILES string of the molecule is CNC(=O)c1c(NC(=O)c2ccc(NS(=O)(=O)c3ccc(F)cc3)cc2)sc2c1CCN(C(=O)OC)C2. The number of hydrogen-bond donors (Lipinski definition) is 3. The van der Waals surface area contributed by atoms with Crippen molar-refractivity contribution in [3.63, 3.8) is 0 Å². The molecule has 2 heterocycles. The second-order valence-corrected chi connectivity index (χ2v) is 10.8. The summed E-state index contributed by atoms with van der Waals surface area (Å²) in [6, 6.07) is 10.1. The number of nitrogens with one attached hydrogen (secondary N) is 3. The van der Waals surface area contributed by atoms with Crippen LogP contribution in [0.4, 0.5) is 19.9 Å². The van der Waals surface area contributed by atoms with Crippen LogP contribution < -0.4 is 15.4 Å². The molecule has 2 aromatic carbocycles. The minimum absolute atomic E-state index is 0.107. The zero-order valence-electron chi connectivity index (χ0n) is 19.8. The summed E-state index contributed by atoms with van der Waals surface area (Å²) in [6.07, 6.45) is -0.0381. The summed E-state index contributed by atoms with van der Waals surface area (Å²) in [7, 11) is -1.15. The Bertz CT molecular complexity index is 1450. The van der Waals surface area contributed by atoms with Gasteiger partial charge in [-0.1, -0.05) is 0 Å². The molecular formula is C24H23FN4O6S2. The number of halogens is 1. The number of hydrogen-bond acceptors (Lipinski definition) is 7. The summed E-state index contributed by atoms with van der Waals surface area (Å²) in [6.45, 7) is 0.637. The number of carbonyl (C=O) groups excluding carboxylic acids is 3. The molecule has 194 valence electrons. The van der Waals surface area contributed by atoms with E-state index in [-0.39, 0.29) is 28.6 Å². The summed E-state index contributed by atoms with van der Waals surface area (Å²) in [5.41, 5.74) is 1.56. The van der Waals surface area contributed by atoms with Gasteiger partial charge in [-0.2, -0.15) is 0 Å². The van der Waals surface area contributed by atoms with Crippen LogP contribution in [0.15, 0.2) is 53.4 Å². The van der Waals surface area contributed by atoms with E-state index in [0.717, 1.165) is 34.7 Å². The molecule has 0 saturated heterocycles. The fraction of sp³-hybridized carbons (Fsp3) is 0.208. The van der Waals surface area contributed by atoms with Gasteiger partial charge in [-0.3, -0.25) is 14.3 Å². The fourth-order valence-corrected chi connectivity index (χ4v) is 6.15. The lowest BCUT2D eigenvalue weighted by Crippen LogP contribution is -2.35. The van der Waals surface area contributed by atoms with Gasteiger partial charge < -0.3 is 20.3 Å². The Balaban J connectivity index is 1.52. The first-order chi connectivity index (χ1) is 17.6.